The molecule has 1 aromatic carbocycles. The minimum absolute atomic E-state index is 0.0553. The van der Waals surface area contributed by atoms with E-state index in [-0.39, 0.29) is 23.9 Å². The van der Waals surface area contributed by atoms with Crippen LogP contribution in [0, 0.1) is 5.41 Å². The Morgan fingerprint density at radius 3 is 2.69 bits per heavy atom. The van der Waals surface area contributed by atoms with E-state index in [0.717, 1.165) is 72.4 Å². The molecule has 3 aromatic heterocycles. The fourth-order valence-electron chi connectivity index (χ4n) is 6.69. The maximum atomic E-state index is 13.3. The first-order valence-corrected chi connectivity index (χ1v) is 16.1. The first-order chi connectivity index (χ1) is 21.6. The zero-order chi connectivity index (χ0) is 31.9. The number of fused-ring (bicyclic) bond motifs is 2. The number of β-amino-alcohol motifs (C(OH)–C–C–N with tert-alkyl or cyclic N) is 1. The van der Waals surface area contributed by atoms with Gasteiger partial charge in [0.1, 0.15) is 16.9 Å². The number of aliphatic hydroxyl groups is 1. The monoisotopic (exact) mass is 615 g/mol. The summed E-state index contributed by atoms with van der Waals surface area (Å²) in [6, 6.07) is 9.35. The Kier molecular flexibility index (Phi) is 8.58. The van der Waals surface area contributed by atoms with Gasteiger partial charge in [-0.05, 0) is 56.5 Å². The highest BCUT2D eigenvalue weighted by Gasteiger charge is 2.29. The van der Waals surface area contributed by atoms with Gasteiger partial charge in [-0.2, -0.15) is 0 Å². The van der Waals surface area contributed by atoms with E-state index < -0.39 is 11.5 Å². The van der Waals surface area contributed by atoms with Crippen molar-refractivity contribution in [2.45, 2.75) is 84.0 Å². The number of ether oxygens (including phenoxy) is 1. The first-order valence-electron chi connectivity index (χ1n) is 16.1. The fraction of sp³-hybridized carbons (Fsp3) is 0.529. The van der Waals surface area contributed by atoms with Crippen LogP contribution in [0.25, 0.3) is 33.6 Å². The van der Waals surface area contributed by atoms with Crippen molar-refractivity contribution in [3.05, 3.63) is 41.6 Å². The summed E-state index contributed by atoms with van der Waals surface area (Å²) in [7, 11) is 3.57. The van der Waals surface area contributed by atoms with Crippen molar-refractivity contribution in [3.63, 3.8) is 0 Å². The molecule has 0 unspecified atom stereocenters. The molecule has 0 spiro atoms. The number of aryl methyl sites for hydroxylation is 2. The Hall–Kier alpha value is -3.96. The number of amides is 2. The van der Waals surface area contributed by atoms with Crippen LogP contribution >= 0.6 is 0 Å². The van der Waals surface area contributed by atoms with Gasteiger partial charge in [-0.1, -0.05) is 33.1 Å². The van der Waals surface area contributed by atoms with Crippen molar-refractivity contribution in [1.29, 1.82) is 0 Å². The minimum atomic E-state index is -0.484. The second-order valence-electron chi connectivity index (χ2n) is 13.3. The van der Waals surface area contributed by atoms with Crippen LogP contribution in [0.2, 0.25) is 0 Å². The van der Waals surface area contributed by atoms with Crippen LogP contribution in [0.3, 0.4) is 0 Å². The summed E-state index contributed by atoms with van der Waals surface area (Å²) < 4.78 is 10.0. The first kappa shape index (κ1) is 31.0. The lowest BCUT2D eigenvalue weighted by Gasteiger charge is -2.27. The average molecular weight is 616 g/mol. The minimum Gasteiger partial charge on any atom is -0.494 e. The molecule has 5 heterocycles. The second-order valence-corrected chi connectivity index (χ2v) is 13.3. The van der Waals surface area contributed by atoms with Crippen molar-refractivity contribution in [1.82, 2.24) is 35.1 Å². The average Bonchev–Trinajstić information content (AvgIpc) is 3.54. The summed E-state index contributed by atoms with van der Waals surface area (Å²) in [6.07, 6.45) is 4.97. The molecule has 11 heteroatoms. The van der Waals surface area contributed by atoms with Crippen molar-refractivity contribution >= 4 is 33.9 Å². The highest BCUT2D eigenvalue weighted by molar-refractivity contribution is 6.00. The van der Waals surface area contributed by atoms with Crippen LogP contribution in [0.4, 0.5) is 0 Å². The lowest BCUT2D eigenvalue weighted by Crippen LogP contribution is -2.50. The van der Waals surface area contributed by atoms with E-state index in [1.165, 1.54) is 0 Å². The van der Waals surface area contributed by atoms with E-state index in [0.29, 0.717) is 36.3 Å². The van der Waals surface area contributed by atoms with Crippen LogP contribution < -0.4 is 20.7 Å². The Bertz CT molecular complexity index is 1740. The Morgan fingerprint density at radius 2 is 1.91 bits per heavy atom. The van der Waals surface area contributed by atoms with E-state index in [2.05, 4.69) is 32.7 Å². The van der Waals surface area contributed by atoms with Gasteiger partial charge in [-0.15, -0.1) is 0 Å². The van der Waals surface area contributed by atoms with Crippen molar-refractivity contribution in [2.75, 3.05) is 20.2 Å². The second kappa shape index (κ2) is 12.4. The summed E-state index contributed by atoms with van der Waals surface area (Å²) in [4.78, 5) is 36.5. The summed E-state index contributed by atoms with van der Waals surface area (Å²) in [5.41, 5.74) is 4.11. The molecular weight excluding hydrogens is 570 g/mol. The largest absolute Gasteiger partial charge is 0.494 e. The molecule has 240 valence electrons. The molecule has 0 radical (unpaired) electrons. The zero-order valence-electron chi connectivity index (χ0n) is 26.9. The molecule has 0 aliphatic carbocycles. The quantitative estimate of drug-likeness (QED) is 0.270. The molecule has 1 saturated heterocycles. The Morgan fingerprint density at radius 1 is 1.11 bits per heavy atom. The number of carbonyl (C=O) groups excluding carboxylic acids is 2. The van der Waals surface area contributed by atoms with Gasteiger partial charge in [-0.3, -0.25) is 9.59 Å². The predicted octanol–water partition coefficient (Wildman–Crippen LogP) is 4.22. The zero-order valence-corrected chi connectivity index (χ0v) is 26.9. The molecular formula is C34H45N7O4. The predicted molar refractivity (Wildman–Crippen MR) is 174 cm³/mol. The molecule has 4 aromatic rings. The SMILES string of the molecule is COc1cc(C(=O)N[C@@H]2CNC[C@@H](O)C2)cc2nc(-c3cc4ccc5nc4n3CCCCCCC(C)(C)C(=O)N[C@@H]5C)n(C)c12. The molecule has 6 rings (SSSR count). The lowest BCUT2D eigenvalue weighted by atomic mass is 9.85. The van der Waals surface area contributed by atoms with E-state index in [9.17, 15) is 14.7 Å². The third kappa shape index (κ3) is 6.15. The molecule has 2 bridgehead atoms. The Balaban J connectivity index is 1.40. The lowest BCUT2D eigenvalue weighted by molar-refractivity contribution is -0.130. The highest BCUT2D eigenvalue weighted by Crippen LogP contribution is 2.35. The number of hydrogen-bond donors (Lipinski definition) is 4. The number of carbonyl (C=O) groups is 2. The summed E-state index contributed by atoms with van der Waals surface area (Å²) in [6.45, 7) is 7.96. The van der Waals surface area contributed by atoms with Crippen LogP contribution in [-0.4, -0.2) is 68.4 Å². The fourth-order valence-corrected chi connectivity index (χ4v) is 6.69. The normalized spacial score (nSPS) is 22.7. The van der Waals surface area contributed by atoms with Crippen LogP contribution in [0.1, 0.15) is 81.4 Å². The maximum Gasteiger partial charge on any atom is 0.251 e. The number of hydrogen-bond acceptors (Lipinski definition) is 7. The number of nitrogens with zero attached hydrogens (tertiary/aromatic N) is 4. The van der Waals surface area contributed by atoms with Gasteiger partial charge in [0.25, 0.3) is 5.91 Å². The van der Waals surface area contributed by atoms with Crippen molar-refractivity contribution in [2.24, 2.45) is 12.5 Å². The van der Waals surface area contributed by atoms with E-state index >= 15 is 0 Å². The maximum absolute atomic E-state index is 13.3. The number of nitrogens with one attached hydrogen (secondary N) is 3. The van der Waals surface area contributed by atoms with Crippen LogP contribution in [0.15, 0.2) is 30.3 Å². The third-order valence-corrected chi connectivity index (χ3v) is 9.41. The molecule has 1 fully saturated rings. The smallest absolute Gasteiger partial charge is 0.251 e. The molecule has 4 N–H and O–H groups in total. The highest BCUT2D eigenvalue weighted by atomic mass is 16.5. The van der Waals surface area contributed by atoms with Gasteiger partial charge in [0.2, 0.25) is 5.91 Å². The Labute approximate surface area is 263 Å². The molecule has 0 saturated carbocycles. The number of benzene rings is 1. The number of imidazole rings is 1. The summed E-state index contributed by atoms with van der Waals surface area (Å²) in [5, 5.41) is 20.4. The van der Waals surface area contributed by atoms with Crippen LogP contribution in [-0.2, 0) is 18.4 Å². The molecule has 3 atom stereocenters. The van der Waals surface area contributed by atoms with Gasteiger partial charge in [0.05, 0.1) is 36.2 Å². The summed E-state index contributed by atoms with van der Waals surface area (Å²) in [5.74, 6) is 1.14. The van der Waals surface area contributed by atoms with Gasteiger partial charge in [0.15, 0.2) is 5.82 Å². The summed E-state index contributed by atoms with van der Waals surface area (Å²) >= 11 is 0. The van der Waals surface area contributed by atoms with Gasteiger partial charge in [-0.25, -0.2) is 9.97 Å². The van der Waals surface area contributed by atoms with E-state index in [4.69, 9.17) is 14.7 Å². The van der Waals surface area contributed by atoms with Crippen molar-refractivity contribution < 1.29 is 19.4 Å². The molecule has 2 aliphatic heterocycles. The van der Waals surface area contributed by atoms with E-state index in [1.54, 1.807) is 19.2 Å². The van der Waals surface area contributed by atoms with Gasteiger partial charge in [0, 0.05) is 49.1 Å². The number of aromatic nitrogens is 4. The molecule has 2 aliphatic rings. The van der Waals surface area contributed by atoms with Gasteiger partial charge < -0.3 is 34.9 Å². The topological polar surface area (TPSA) is 135 Å². The molecule has 11 nitrogen and oxygen atoms in total. The number of piperidine rings is 1. The van der Waals surface area contributed by atoms with Gasteiger partial charge >= 0.3 is 0 Å². The number of aliphatic hydroxyl groups excluding tert-OH is 1. The number of methoxy groups -OCH3 is 1. The molecule has 2 amide bonds. The standard InChI is InChI=1S/C34H45N7O4/c1-20-25-11-10-21-15-27(41(30(21)38-25)13-9-7-6-8-12-34(2,3)33(44)36-20)31-39-26-14-22(16-28(45-5)29(26)40(31)4)32(43)37-23-17-24(42)19-35-18-23/h10-11,14-16,20,23-24,35,42H,6-9,12-13,17-19H2,1-5H3,(H,36,44)(H,37,43)/t20-,23+,24+/m1/s1. The van der Waals surface area contributed by atoms with Crippen molar-refractivity contribution in [3.8, 4) is 17.3 Å². The van der Waals surface area contributed by atoms with Crippen LogP contribution in [0.5, 0.6) is 5.75 Å². The van der Waals surface area contributed by atoms with E-state index in [1.807, 2.05) is 38.5 Å². The number of pyridine rings is 1. The third-order valence-electron chi connectivity index (χ3n) is 9.41. The number of rotatable bonds is 4. The molecule has 45 heavy (non-hydrogen) atoms.